The molecule has 1 aromatic carbocycles. The first-order valence-electron chi connectivity index (χ1n) is 27.0. The highest BCUT2D eigenvalue weighted by Gasteiger charge is 2.53. The molecule has 0 unspecified atom stereocenters. The Hall–Kier alpha value is -3.83. The van der Waals surface area contributed by atoms with Crippen LogP contribution in [0.25, 0.3) is 11.1 Å². The first kappa shape index (κ1) is 60.4. The molecule has 0 amide bonds. The minimum Gasteiger partial charge on any atom is -0.459 e. The van der Waals surface area contributed by atoms with Crippen LogP contribution in [0.3, 0.4) is 0 Å². The van der Waals surface area contributed by atoms with Crippen LogP contribution < -0.4 is 0 Å². The number of cyclic esters (lactones) is 1. The number of ether oxygens (including phenoxy) is 6. The number of aryl methyl sites for hydroxylation is 1. The van der Waals surface area contributed by atoms with Gasteiger partial charge < -0.3 is 63.8 Å². The minimum absolute atomic E-state index is 0.0549. The molecule has 6 rings (SSSR count). The van der Waals surface area contributed by atoms with E-state index in [1.165, 1.54) is 14.0 Å². The molecule has 3 aliphatic heterocycles. The van der Waals surface area contributed by atoms with Gasteiger partial charge in [0.25, 0.3) is 0 Å². The number of rotatable bonds is 16. The third-order valence-electron chi connectivity index (χ3n) is 16.4. The number of esters is 1. The van der Waals surface area contributed by atoms with E-state index in [1.54, 1.807) is 58.6 Å². The van der Waals surface area contributed by atoms with Crippen LogP contribution in [-0.4, -0.2) is 192 Å². The van der Waals surface area contributed by atoms with E-state index in [-0.39, 0.29) is 37.1 Å². The maximum Gasteiger partial charge on any atom is 0.311 e. The van der Waals surface area contributed by atoms with Crippen molar-refractivity contribution in [2.45, 2.75) is 211 Å². The molecule has 0 aliphatic carbocycles. The number of likely N-dealkylation sites (N-methyl/N-ethyl adjacent to an activating group) is 2. The van der Waals surface area contributed by atoms with Crippen molar-refractivity contribution in [2.75, 3.05) is 34.3 Å². The van der Waals surface area contributed by atoms with Gasteiger partial charge in [-0.15, -0.1) is 5.10 Å². The highest BCUT2D eigenvalue weighted by atomic mass is 16.7. The van der Waals surface area contributed by atoms with Crippen molar-refractivity contribution < 1.29 is 63.5 Å². The molecule has 3 saturated heterocycles. The number of pyridine rings is 1. The summed E-state index contributed by atoms with van der Waals surface area (Å²) in [6.07, 6.45) is -2.27. The van der Waals surface area contributed by atoms with E-state index in [9.17, 15) is 35.1 Å². The van der Waals surface area contributed by atoms with Crippen LogP contribution in [0.1, 0.15) is 124 Å². The molecule has 0 radical (unpaired) electrons. The standard InChI is InChI=1S/C56H88N6O13/c1-14-45-56(10,69)49(65)37(6)61(12)31-33(2)28-54(8,68)51(35(4)48(36(5)52(67)73-45)74-46-29-55(9,70-13)50(66)38(7)72-46)75-53-47(64)43(27-34(3)71-53)60(11)26-23-42-32-62(59-58-42)25-16-18-44(63)40-21-19-39(20-22-40)41-17-15-24-57-30-41/h15,17,19-22,24,30,32-38,43,45-51,53,64-66,68-69H,14,16,18,23,25-29,31H2,1-13H3/t33-,34-,35+,36-,37-,38+,43+,45-,46+,47-,48+,49-,50+,51-,53+,54-,55-,56-/m1/s1. The summed E-state index contributed by atoms with van der Waals surface area (Å²) in [6.45, 7) is 19.0. The quantitative estimate of drug-likeness (QED) is 0.0954. The zero-order chi connectivity index (χ0) is 55.2. The number of aliphatic hydroxyl groups excluding tert-OH is 3. The molecule has 5 N–H and O–H groups in total. The van der Waals surface area contributed by atoms with Gasteiger partial charge in [-0.25, -0.2) is 0 Å². The minimum atomic E-state index is -1.84. The molecule has 19 nitrogen and oxygen atoms in total. The Balaban J connectivity index is 1.19. The molecular weight excluding hydrogens is 965 g/mol. The zero-order valence-corrected chi connectivity index (χ0v) is 46.6. The number of ketones is 1. The first-order chi connectivity index (χ1) is 35.3. The second kappa shape index (κ2) is 25.8. The first-order valence-corrected chi connectivity index (χ1v) is 27.0. The normalized spacial score (nSPS) is 37.9. The number of nitrogens with zero attached hydrogens (tertiary/aromatic N) is 6. The second-order valence-electron chi connectivity index (χ2n) is 22.8. The van der Waals surface area contributed by atoms with Crippen LogP contribution >= 0.6 is 0 Å². The SMILES string of the molecule is CC[C@H]1OC(=O)[C@H](C)[C@@H](O[C@H]2C[C@@](C)(OC)[C@@H](O)[C@H](C)O2)[C@H](C)[C@@H](O[C@@H]2O[C@H](C)C[C@H](N(C)CCc3cn(CCCC(=O)c4ccc(-c5cccnc5)cc4)nn3)[C@H]2O)[C@](C)(O)C[C@@H](C)CN(C)[C@H](C)[C@@H](O)[C@]1(C)O. The van der Waals surface area contributed by atoms with Crippen molar-refractivity contribution in [3.63, 3.8) is 0 Å². The van der Waals surface area contributed by atoms with Gasteiger partial charge in [0.15, 0.2) is 18.4 Å². The molecule has 0 bridgehead atoms. The van der Waals surface area contributed by atoms with E-state index in [0.717, 1.165) is 16.8 Å². The van der Waals surface area contributed by atoms with E-state index >= 15 is 0 Å². The Labute approximate surface area is 444 Å². The fourth-order valence-electron chi connectivity index (χ4n) is 11.6. The van der Waals surface area contributed by atoms with Gasteiger partial charge in [-0.05, 0) is 111 Å². The summed E-state index contributed by atoms with van der Waals surface area (Å²) in [4.78, 5) is 35.7. The predicted octanol–water partition coefficient (Wildman–Crippen LogP) is 4.83. The summed E-state index contributed by atoms with van der Waals surface area (Å²) in [5.41, 5.74) is -1.15. The Bertz CT molecular complexity index is 2270. The summed E-state index contributed by atoms with van der Waals surface area (Å²) in [5, 5.41) is 68.5. The number of hydrogen-bond donors (Lipinski definition) is 5. The lowest BCUT2D eigenvalue weighted by molar-refractivity contribution is -0.318. The van der Waals surface area contributed by atoms with Crippen LogP contribution in [0.2, 0.25) is 0 Å². The molecule has 0 saturated carbocycles. The van der Waals surface area contributed by atoms with Gasteiger partial charge in [0, 0.05) is 88.2 Å². The average molecular weight is 1050 g/mol. The largest absolute Gasteiger partial charge is 0.459 e. The molecular formula is C56H88N6O13. The van der Waals surface area contributed by atoms with Crippen molar-refractivity contribution >= 4 is 11.8 Å². The van der Waals surface area contributed by atoms with E-state index in [0.29, 0.717) is 50.9 Å². The van der Waals surface area contributed by atoms with Crippen LogP contribution in [0.15, 0.2) is 55.0 Å². The van der Waals surface area contributed by atoms with E-state index in [1.807, 2.05) is 82.4 Å². The van der Waals surface area contributed by atoms with Gasteiger partial charge in [0.05, 0.1) is 47.2 Å². The molecule has 5 heterocycles. The molecule has 18 atom stereocenters. The highest BCUT2D eigenvalue weighted by Crippen LogP contribution is 2.40. The number of aromatic nitrogens is 4. The third-order valence-corrected chi connectivity index (χ3v) is 16.4. The number of carbonyl (C=O) groups is 2. The third kappa shape index (κ3) is 14.7. The number of methoxy groups -OCH3 is 1. The molecule has 3 aliphatic rings. The van der Waals surface area contributed by atoms with Gasteiger partial charge in [-0.1, -0.05) is 56.3 Å². The van der Waals surface area contributed by atoms with Crippen LogP contribution in [0, 0.1) is 17.8 Å². The summed E-state index contributed by atoms with van der Waals surface area (Å²) in [6, 6.07) is 10.4. The Morgan fingerprint density at radius 3 is 2.31 bits per heavy atom. The average Bonchev–Trinajstić information content (AvgIpc) is 3.84. The number of Topliss-reactive ketones (excluding diaryl/α,β-unsaturated/α-hetero) is 1. The van der Waals surface area contributed by atoms with Gasteiger partial charge in [-0.3, -0.25) is 19.3 Å². The van der Waals surface area contributed by atoms with Crippen LogP contribution in [0.4, 0.5) is 0 Å². The maximum atomic E-state index is 14.5. The highest BCUT2D eigenvalue weighted by molar-refractivity contribution is 5.96. The van der Waals surface area contributed by atoms with Crippen LogP contribution in [0.5, 0.6) is 0 Å². The molecule has 0 spiro atoms. The summed E-state index contributed by atoms with van der Waals surface area (Å²) in [5.74, 6) is -2.75. The smallest absolute Gasteiger partial charge is 0.311 e. The van der Waals surface area contributed by atoms with Crippen molar-refractivity contribution in [3.8, 4) is 11.1 Å². The Morgan fingerprint density at radius 2 is 1.65 bits per heavy atom. The number of hydrogen-bond acceptors (Lipinski definition) is 18. The van der Waals surface area contributed by atoms with E-state index in [4.69, 9.17) is 28.4 Å². The molecule has 420 valence electrons. The number of aliphatic hydroxyl groups is 5. The maximum absolute atomic E-state index is 14.5. The van der Waals surface area contributed by atoms with Crippen molar-refractivity contribution in [1.29, 1.82) is 0 Å². The van der Waals surface area contributed by atoms with E-state index < -0.39 is 102 Å². The summed E-state index contributed by atoms with van der Waals surface area (Å²) >= 11 is 0. The molecule has 3 fully saturated rings. The fourth-order valence-corrected chi connectivity index (χ4v) is 11.6. The molecule has 2 aromatic heterocycles. The summed E-state index contributed by atoms with van der Waals surface area (Å²) < 4.78 is 40.1. The Morgan fingerprint density at radius 1 is 0.947 bits per heavy atom. The molecule has 19 heteroatoms. The zero-order valence-electron chi connectivity index (χ0n) is 46.6. The molecule has 75 heavy (non-hydrogen) atoms. The van der Waals surface area contributed by atoms with Crippen molar-refractivity contribution in [2.24, 2.45) is 17.8 Å². The second-order valence-corrected chi connectivity index (χ2v) is 22.8. The van der Waals surface area contributed by atoms with Gasteiger partial charge in [-0.2, -0.15) is 0 Å². The lowest BCUT2D eigenvalue weighted by Gasteiger charge is -2.49. The fraction of sp³-hybridized carbons (Fsp3) is 0.732. The predicted molar refractivity (Wildman–Crippen MR) is 280 cm³/mol. The Kier molecular flexibility index (Phi) is 20.7. The topological polar surface area (TPSA) is 241 Å². The summed E-state index contributed by atoms with van der Waals surface area (Å²) in [7, 11) is 5.26. The van der Waals surface area contributed by atoms with E-state index in [2.05, 4.69) is 20.2 Å². The lowest BCUT2D eigenvalue weighted by atomic mass is 9.77. The lowest BCUT2D eigenvalue weighted by Crippen LogP contribution is -2.61. The van der Waals surface area contributed by atoms with Gasteiger partial charge in [0.2, 0.25) is 0 Å². The van der Waals surface area contributed by atoms with Crippen LogP contribution in [-0.2, 0) is 46.2 Å². The number of carbonyl (C=O) groups excluding carboxylic acids is 2. The van der Waals surface area contributed by atoms with Crippen molar-refractivity contribution in [1.82, 2.24) is 29.8 Å². The van der Waals surface area contributed by atoms with Gasteiger partial charge in [0.1, 0.15) is 30.0 Å². The monoisotopic (exact) mass is 1050 g/mol. The number of benzene rings is 1. The molecule has 3 aromatic rings. The van der Waals surface area contributed by atoms with Crippen molar-refractivity contribution in [3.05, 3.63) is 66.2 Å². The van der Waals surface area contributed by atoms with Gasteiger partial charge >= 0.3 is 5.97 Å².